The van der Waals surface area contributed by atoms with Gasteiger partial charge in [-0.2, -0.15) is 10.2 Å². The van der Waals surface area contributed by atoms with Crippen LogP contribution in [0.5, 0.6) is 0 Å². The van der Waals surface area contributed by atoms with Crippen LogP contribution in [0.3, 0.4) is 0 Å². The summed E-state index contributed by atoms with van der Waals surface area (Å²) >= 11 is 0. The van der Waals surface area contributed by atoms with Crippen LogP contribution in [0, 0.1) is 0 Å². The van der Waals surface area contributed by atoms with Crippen molar-refractivity contribution >= 4 is 11.6 Å². The van der Waals surface area contributed by atoms with Gasteiger partial charge in [-0.15, -0.1) is 0 Å². The number of benzene rings is 2. The smallest absolute Gasteiger partial charge is 0.267 e. The van der Waals surface area contributed by atoms with E-state index in [-0.39, 0.29) is 5.91 Å². The van der Waals surface area contributed by atoms with Crippen LogP contribution in [0.15, 0.2) is 96.4 Å². The molecule has 6 nitrogen and oxygen atoms in total. The Hall–Kier alpha value is -4.06. The predicted molar refractivity (Wildman–Crippen MR) is 113 cm³/mol. The number of nitrogens with one attached hydrogen (secondary N) is 1. The highest BCUT2D eigenvalue weighted by Gasteiger charge is 2.18. The van der Waals surface area contributed by atoms with Crippen molar-refractivity contribution in [3.05, 3.63) is 103 Å². The standard InChI is InChI=1S/C23H19N5O/c1-17(21-14-8-9-15-24-21)25-26-23(29)20-16-28(19-12-6-3-7-13-19)27-22(20)18-10-4-2-5-11-18/h2-16H,1H3,(H,26,29)/b25-17-. The molecule has 2 heterocycles. The van der Waals surface area contributed by atoms with Crippen molar-refractivity contribution in [2.24, 2.45) is 5.10 Å². The number of carbonyl (C=O) groups excluding carboxylic acids is 1. The fraction of sp³-hybridized carbons (Fsp3) is 0.0435. The summed E-state index contributed by atoms with van der Waals surface area (Å²) in [5.41, 5.74) is 6.72. The van der Waals surface area contributed by atoms with Crippen molar-refractivity contribution in [3.63, 3.8) is 0 Å². The molecule has 2 aromatic heterocycles. The topological polar surface area (TPSA) is 72.2 Å². The molecule has 2 aromatic carbocycles. The first kappa shape index (κ1) is 18.3. The molecule has 1 N–H and O–H groups in total. The number of para-hydroxylation sites is 1. The van der Waals surface area contributed by atoms with E-state index in [1.165, 1.54) is 0 Å². The second-order valence-corrected chi connectivity index (χ2v) is 6.39. The van der Waals surface area contributed by atoms with Gasteiger partial charge in [0.1, 0.15) is 5.69 Å². The molecular formula is C23H19N5O. The third kappa shape index (κ3) is 4.11. The number of pyridine rings is 1. The predicted octanol–water partition coefficient (Wildman–Crippen LogP) is 4.09. The van der Waals surface area contributed by atoms with Crippen LogP contribution in [-0.4, -0.2) is 26.4 Å². The second kappa shape index (κ2) is 8.31. The average Bonchev–Trinajstić information content (AvgIpc) is 3.25. The van der Waals surface area contributed by atoms with Gasteiger partial charge in [0.15, 0.2) is 0 Å². The Labute approximate surface area is 168 Å². The van der Waals surface area contributed by atoms with Crippen LogP contribution in [-0.2, 0) is 0 Å². The maximum absolute atomic E-state index is 12.9. The minimum absolute atomic E-state index is 0.332. The maximum Gasteiger partial charge on any atom is 0.275 e. The van der Waals surface area contributed by atoms with Crippen LogP contribution in [0.1, 0.15) is 23.0 Å². The number of aromatic nitrogens is 3. The molecule has 0 saturated heterocycles. The first-order valence-corrected chi connectivity index (χ1v) is 9.19. The first-order valence-electron chi connectivity index (χ1n) is 9.19. The SMILES string of the molecule is C/C(=N/NC(=O)c1cn(-c2ccccc2)nc1-c1ccccc1)c1ccccn1. The summed E-state index contributed by atoms with van der Waals surface area (Å²) in [6, 6.07) is 24.8. The lowest BCUT2D eigenvalue weighted by atomic mass is 10.1. The maximum atomic E-state index is 12.9. The van der Waals surface area contributed by atoms with E-state index in [2.05, 4.69) is 20.6 Å². The zero-order valence-corrected chi connectivity index (χ0v) is 15.9. The zero-order chi connectivity index (χ0) is 20.1. The molecule has 0 aliphatic heterocycles. The summed E-state index contributed by atoms with van der Waals surface area (Å²) in [5.74, 6) is -0.332. The Morgan fingerprint density at radius 2 is 1.62 bits per heavy atom. The normalized spacial score (nSPS) is 11.3. The minimum Gasteiger partial charge on any atom is -0.267 e. The van der Waals surface area contributed by atoms with E-state index in [4.69, 9.17) is 0 Å². The Kier molecular flexibility index (Phi) is 5.25. The summed E-state index contributed by atoms with van der Waals surface area (Å²) in [7, 11) is 0. The van der Waals surface area contributed by atoms with Crippen molar-refractivity contribution < 1.29 is 4.79 Å². The van der Waals surface area contributed by atoms with Gasteiger partial charge in [-0.3, -0.25) is 9.78 Å². The fourth-order valence-corrected chi connectivity index (χ4v) is 2.89. The lowest BCUT2D eigenvalue weighted by Gasteiger charge is -2.03. The van der Waals surface area contributed by atoms with E-state index < -0.39 is 0 Å². The second-order valence-electron chi connectivity index (χ2n) is 6.39. The molecule has 0 spiro atoms. The van der Waals surface area contributed by atoms with E-state index in [0.717, 1.165) is 11.3 Å². The third-order valence-corrected chi connectivity index (χ3v) is 4.39. The van der Waals surface area contributed by atoms with Gasteiger partial charge in [0.25, 0.3) is 5.91 Å². The number of rotatable bonds is 5. The largest absolute Gasteiger partial charge is 0.275 e. The Bertz CT molecular complexity index is 1140. The van der Waals surface area contributed by atoms with Crippen LogP contribution < -0.4 is 5.43 Å². The van der Waals surface area contributed by atoms with Gasteiger partial charge >= 0.3 is 0 Å². The Balaban J connectivity index is 1.68. The number of hydrogen-bond donors (Lipinski definition) is 1. The molecule has 4 rings (SSSR count). The molecule has 1 amide bonds. The summed E-state index contributed by atoms with van der Waals surface area (Å²) in [5, 5.41) is 8.86. The average molecular weight is 381 g/mol. The van der Waals surface area contributed by atoms with E-state index in [9.17, 15) is 4.79 Å². The molecule has 4 aromatic rings. The molecule has 0 saturated carbocycles. The molecule has 142 valence electrons. The Morgan fingerprint density at radius 1 is 0.931 bits per heavy atom. The van der Waals surface area contributed by atoms with E-state index >= 15 is 0 Å². The molecule has 0 fully saturated rings. The van der Waals surface area contributed by atoms with Gasteiger partial charge in [0, 0.05) is 18.0 Å². The van der Waals surface area contributed by atoms with Gasteiger partial charge in [0.2, 0.25) is 0 Å². The first-order chi connectivity index (χ1) is 14.2. The van der Waals surface area contributed by atoms with Crippen molar-refractivity contribution in [1.82, 2.24) is 20.2 Å². The third-order valence-electron chi connectivity index (χ3n) is 4.39. The molecule has 0 bridgehead atoms. The molecule has 0 unspecified atom stereocenters. The van der Waals surface area contributed by atoms with Crippen molar-refractivity contribution in [2.75, 3.05) is 0 Å². The van der Waals surface area contributed by atoms with Gasteiger partial charge in [-0.25, -0.2) is 10.1 Å². The highest BCUT2D eigenvalue weighted by Crippen LogP contribution is 2.23. The fourth-order valence-electron chi connectivity index (χ4n) is 2.89. The lowest BCUT2D eigenvalue weighted by Crippen LogP contribution is -2.20. The number of nitrogens with zero attached hydrogens (tertiary/aromatic N) is 4. The van der Waals surface area contributed by atoms with E-state index in [0.29, 0.717) is 22.7 Å². The lowest BCUT2D eigenvalue weighted by molar-refractivity contribution is 0.0955. The van der Waals surface area contributed by atoms with Gasteiger partial charge in [-0.05, 0) is 31.2 Å². The van der Waals surface area contributed by atoms with Crippen LogP contribution in [0.2, 0.25) is 0 Å². The van der Waals surface area contributed by atoms with Crippen LogP contribution >= 0.6 is 0 Å². The number of amides is 1. The van der Waals surface area contributed by atoms with Crippen molar-refractivity contribution in [1.29, 1.82) is 0 Å². The van der Waals surface area contributed by atoms with Crippen molar-refractivity contribution in [3.8, 4) is 16.9 Å². The molecule has 0 atom stereocenters. The number of carbonyl (C=O) groups is 1. The van der Waals surface area contributed by atoms with Crippen molar-refractivity contribution in [2.45, 2.75) is 6.92 Å². The van der Waals surface area contributed by atoms with Gasteiger partial charge in [0.05, 0.1) is 22.7 Å². The summed E-state index contributed by atoms with van der Waals surface area (Å²) in [4.78, 5) is 17.2. The molecule has 29 heavy (non-hydrogen) atoms. The van der Waals surface area contributed by atoms with Gasteiger partial charge < -0.3 is 0 Å². The van der Waals surface area contributed by atoms with Crippen LogP contribution in [0.25, 0.3) is 16.9 Å². The van der Waals surface area contributed by atoms with Crippen LogP contribution in [0.4, 0.5) is 0 Å². The highest BCUT2D eigenvalue weighted by molar-refractivity contribution is 6.02. The summed E-state index contributed by atoms with van der Waals surface area (Å²) in [6.45, 7) is 1.80. The molecule has 0 aliphatic rings. The number of hydrogen-bond acceptors (Lipinski definition) is 4. The monoisotopic (exact) mass is 381 g/mol. The quantitative estimate of drug-likeness (QED) is 0.418. The molecule has 0 radical (unpaired) electrons. The molecule has 6 heteroatoms. The molecular weight excluding hydrogens is 362 g/mol. The zero-order valence-electron chi connectivity index (χ0n) is 15.9. The Morgan fingerprint density at radius 3 is 2.31 bits per heavy atom. The summed E-state index contributed by atoms with van der Waals surface area (Å²) < 4.78 is 1.70. The van der Waals surface area contributed by atoms with E-state index in [1.807, 2.05) is 78.9 Å². The van der Waals surface area contributed by atoms with E-state index in [1.54, 1.807) is 24.0 Å². The highest BCUT2D eigenvalue weighted by atomic mass is 16.2. The van der Waals surface area contributed by atoms with Gasteiger partial charge in [-0.1, -0.05) is 54.6 Å². The summed E-state index contributed by atoms with van der Waals surface area (Å²) in [6.07, 6.45) is 3.41. The minimum atomic E-state index is -0.332. The number of hydrazone groups is 1. The molecule has 0 aliphatic carbocycles.